The van der Waals surface area contributed by atoms with E-state index in [-0.39, 0.29) is 0 Å². The van der Waals surface area contributed by atoms with E-state index in [0.717, 1.165) is 35.4 Å². The van der Waals surface area contributed by atoms with Crippen LogP contribution in [0.25, 0.3) is 11.0 Å². The lowest BCUT2D eigenvalue weighted by molar-refractivity contribution is 0.0844. The molecule has 106 valence electrons. The summed E-state index contributed by atoms with van der Waals surface area (Å²) in [5, 5.41) is 11.4. The fourth-order valence-electron chi connectivity index (χ4n) is 3.11. The summed E-state index contributed by atoms with van der Waals surface area (Å²) < 4.78 is 5.87. The summed E-state index contributed by atoms with van der Waals surface area (Å²) in [7, 11) is 0. The van der Waals surface area contributed by atoms with Crippen molar-refractivity contribution in [2.75, 3.05) is 6.54 Å². The maximum Gasteiger partial charge on any atom is 0.134 e. The molecule has 1 aromatic heterocycles. The van der Waals surface area contributed by atoms with E-state index in [1.54, 1.807) is 0 Å². The van der Waals surface area contributed by atoms with Gasteiger partial charge in [-0.3, -0.25) is 4.90 Å². The minimum absolute atomic E-state index is 0.417. The molecule has 1 aliphatic heterocycles. The van der Waals surface area contributed by atoms with E-state index in [4.69, 9.17) is 4.42 Å². The molecule has 1 atom stereocenters. The van der Waals surface area contributed by atoms with Crippen molar-refractivity contribution in [1.29, 1.82) is 0 Å². The van der Waals surface area contributed by atoms with Gasteiger partial charge in [0.15, 0.2) is 0 Å². The number of benzene rings is 2. The average Bonchev–Trinajstić information content (AvgIpc) is 2.89. The molecule has 0 saturated carbocycles. The molecule has 0 fully saturated rings. The number of rotatable bonds is 2. The molecule has 4 rings (SSSR count). The van der Waals surface area contributed by atoms with Gasteiger partial charge in [0.05, 0.1) is 12.6 Å². The summed E-state index contributed by atoms with van der Waals surface area (Å²) in [5.74, 6) is 0.947. The van der Waals surface area contributed by atoms with Crippen molar-refractivity contribution in [1.82, 2.24) is 4.90 Å². The number of nitrogens with zero attached hydrogens (tertiary/aromatic N) is 1. The summed E-state index contributed by atoms with van der Waals surface area (Å²) in [4.78, 5) is 2.23. The van der Waals surface area contributed by atoms with Crippen molar-refractivity contribution in [3.63, 3.8) is 0 Å². The summed E-state index contributed by atoms with van der Waals surface area (Å²) in [6, 6.07) is 18.2. The highest BCUT2D eigenvalue weighted by molar-refractivity contribution is 5.77. The number of para-hydroxylation sites is 1. The number of hydrogen-bond donors (Lipinski definition) is 1. The first kappa shape index (κ1) is 12.6. The van der Waals surface area contributed by atoms with Crippen molar-refractivity contribution in [2.24, 2.45) is 0 Å². The van der Waals surface area contributed by atoms with Crippen molar-refractivity contribution < 1.29 is 9.52 Å². The number of aliphatic hydroxyl groups excluding tert-OH is 1. The summed E-state index contributed by atoms with van der Waals surface area (Å²) in [6.07, 6.45) is -0.417. The lowest BCUT2D eigenvalue weighted by Crippen LogP contribution is -2.32. The Balaban J connectivity index is 1.58. The second kappa shape index (κ2) is 5.02. The van der Waals surface area contributed by atoms with E-state index in [1.165, 1.54) is 5.56 Å². The highest BCUT2D eigenvalue weighted by atomic mass is 16.3. The molecule has 21 heavy (non-hydrogen) atoms. The van der Waals surface area contributed by atoms with Crippen LogP contribution in [0.1, 0.15) is 23.0 Å². The van der Waals surface area contributed by atoms with Crippen LogP contribution in [-0.2, 0) is 13.1 Å². The molecule has 2 heterocycles. The first-order chi connectivity index (χ1) is 10.3. The molecule has 0 bridgehead atoms. The highest BCUT2D eigenvalue weighted by Crippen LogP contribution is 2.28. The zero-order valence-corrected chi connectivity index (χ0v) is 11.7. The molecule has 0 amide bonds. The molecule has 0 saturated heterocycles. The molecular weight excluding hydrogens is 262 g/mol. The predicted molar refractivity (Wildman–Crippen MR) is 81.7 cm³/mol. The van der Waals surface area contributed by atoms with Crippen LogP contribution in [0.3, 0.4) is 0 Å². The van der Waals surface area contributed by atoms with Gasteiger partial charge in [-0.15, -0.1) is 0 Å². The number of fused-ring (bicyclic) bond motifs is 2. The van der Waals surface area contributed by atoms with Gasteiger partial charge in [0, 0.05) is 18.5 Å². The Morgan fingerprint density at radius 1 is 1.10 bits per heavy atom. The Morgan fingerprint density at radius 3 is 2.81 bits per heavy atom. The quantitative estimate of drug-likeness (QED) is 0.780. The first-order valence-electron chi connectivity index (χ1n) is 7.25. The maximum absolute atomic E-state index is 10.3. The van der Waals surface area contributed by atoms with E-state index in [1.807, 2.05) is 36.4 Å². The minimum Gasteiger partial charge on any atom is -0.460 e. The van der Waals surface area contributed by atoms with Gasteiger partial charge in [0.1, 0.15) is 11.3 Å². The molecule has 0 spiro atoms. The summed E-state index contributed by atoms with van der Waals surface area (Å²) in [5.41, 5.74) is 3.18. The van der Waals surface area contributed by atoms with E-state index in [9.17, 15) is 5.11 Å². The van der Waals surface area contributed by atoms with Gasteiger partial charge in [-0.2, -0.15) is 0 Å². The van der Waals surface area contributed by atoms with Gasteiger partial charge in [-0.05, 0) is 23.3 Å². The van der Waals surface area contributed by atoms with Gasteiger partial charge >= 0.3 is 0 Å². The Kier molecular flexibility index (Phi) is 3.02. The topological polar surface area (TPSA) is 36.6 Å². The van der Waals surface area contributed by atoms with Crippen LogP contribution in [0.5, 0.6) is 0 Å². The molecule has 3 heteroatoms. The number of hydrogen-bond acceptors (Lipinski definition) is 3. The Morgan fingerprint density at radius 2 is 1.90 bits per heavy atom. The lowest BCUT2D eigenvalue weighted by Gasteiger charge is -2.31. The van der Waals surface area contributed by atoms with Gasteiger partial charge in [0.2, 0.25) is 0 Å². The van der Waals surface area contributed by atoms with E-state index in [2.05, 4.69) is 23.1 Å². The van der Waals surface area contributed by atoms with E-state index >= 15 is 0 Å². The third kappa shape index (κ3) is 2.35. The Hall–Kier alpha value is -2.10. The van der Waals surface area contributed by atoms with Crippen LogP contribution < -0.4 is 0 Å². The average molecular weight is 279 g/mol. The molecule has 3 nitrogen and oxygen atoms in total. The van der Waals surface area contributed by atoms with Crippen LogP contribution >= 0.6 is 0 Å². The van der Waals surface area contributed by atoms with Gasteiger partial charge < -0.3 is 9.52 Å². The fraction of sp³-hybridized carbons (Fsp3) is 0.222. The van der Waals surface area contributed by atoms with Crippen LogP contribution in [0.15, 0.2) is 59.0 Å². The van der Waals surface area contributed by atoms with Crippen LogP contribution in [0.2, 0.25) is 0 Å². The van der Waals surface area contributed by atoms with Crippen molar-refractivity contribution in [3.05, 3.63) is 71.5 Å². The second-order valence-electron chi connectivity index (χ2n) is 5.63. The zero-order chi connectivity index (χ0) is 14.2. The number of aliphatic hydroxyl groups is 1. The monoisotopic (exact) mass is 279 g/mol. The molecule has 1 N–H and O–H groups in total. The molecule has 0 radical (unpaired) electrons. The molecule has 1 aliphatic rings. The van der Waals surface area contributed by atoms with Crippen LogP contribution in [0.4, 0.5) is 0 Å². The van der Waals surface area contributed by atoms with Gasteiger partial charge in [0.25, 0.3) is 0 Å². The third-order valence-electron chi connectivity index (χ3n) is 4.10. The summed E-state index contributed by atoms with van der Waals surface area (Å²) >= 11 is 0. The van der Waals surface area contributed by atoms with E-state index in [0.29, 0.717) is 6.54 Å². The molecule has 0 unspecified atom stereocenters. The van der Waals surface area contributed by atoms with E-state index < -0.39 is 6.10 Å². The maximum atomic E-state index is 10.3. The molecule has 2 aromatic carbocycles. The fourth-order valence-corrected chi connectivity index (χ4v) is 3.11. The minimum atomic E-state index is -0.417. The normalized spacial score (nSPS) is 18.8. The third-order valence-corrected chi connectivity index (χ3v) is 4.10. The predicted octanol–water partition coefficient (Wildman–Crippen LogP) is 3.48. The molecular formula is C18H17NO2. The van der Waals surface area contributed by atoms with Crippen molar-refractivity contribution >= 4 is 11.0 Å². The smallest absolute Gasteiger partial charge is 0.134 e. The standard InChI is InChI=1S/C18H17NO2/c20-17-12-19(10-14-6-1-3-7-16(14)17)11-15-9-13-5-2-4-8-18(13)21-15/h1-9,17,20H,10-12H2/t17-/m0/s1. The zero-order valence-electron chi connectivity index (χ0n) is 11.7. The first-order valence-corrected chi connectivity index (χ1v) is 7.25. The van der Waals surface area contributed by atoms with Crippen molar-refractivity contribution in [2.45, 2.75) is 19.2 Å². The number of β-amino-alcohol motifs (C(OH)–C–C–N with tert-alkyl or cyclic N) is 1. The Bertz CT molecular complexity index is 744. The van der Waals surface area contributed by atoms with Crippen molar-refractivity contribution in [3.8, 4) is 0 Å². The SMILES string of the molecule is O[C@H]1CN(Cc2cc3ccccc3o2)Cc2ccccc21. The second-order valence-corrected chi connectivity index (χ2v) is 5.63. The van der Waals surface area contributed by atoms with Crippen LogP contribution in [0, 0.1) is 0 Å². The number of furan rings is 1. The van der Waals surface area contributed by atoms with Gasteiger partial charge in [-0.1, -0.05) is 42.5 Å². The molecule has 0 aliphatic carbocycles. The Labute approximate surface area is 123 Å². The van der Waals surface area contributed by atoms with Crippen LogP contribution in [-0.4, -0.2) is 16.6 Å². The summed E-state index contributed by atoms with van der Waals surface area (Å²) in [6.45, 7) is 2.22. The lowest BCUT2D eigenvalue weighted by atomic mass is 9.97. The highest BCUT2D eigenvalue weighted by Gasteiger charge is 2.23. The largest absolute Gasteiger partial charge is 0.460 e. The van der Waals surface area contributed by atoms with Gasteiger partial charge in [-0.25, -0.2) is 0 Å². The molecule has 3 aromatic rings.